The van der Waals surface area contributed by atoms with Gasteiger partial charge in [0.05, 0.1) is 4.92 Å². The Balaban J connectivity index is 1.74. The van der Waals surface area contributed by atoms with Crippen LogP contribution in [0, 0.1) is 10.1 Å². The van der Waals surface area contributed by atoms with E-state index in [-0.39, 0.29) is 10.6 Å². The van der Waals surface area contributed by atoms with Crippen molar-refractivity contribution in [3.8, 4) is 0 Å². The van der Waals surface area contributed by atoms with E-state index >= 15 is 0 Å². The molecule has 5 heteroatoms. The van der Waals surface area contributed by atoms with Gasteiger partial charge >= 0.3 is 0 Å². The van der Waals surface area contributed by atoms with E-state index in [1.807, 2.05) is 12.1 Å². The first-order valence-corrected chi connectivity index (χ1v) is 6.42. The number of hydrogen-bond acceptors (Lipinski definition) is 4. The lowest BCUT2D eigenvalue weighted by Crippen LogP contribution is -2.43. The van der Waals surface area contributed by atoms with Crippen molar-refractivity contribution in [1.29, 1.82) is 0 Å². The zero-order valence-corrected chi connectivity index (χ0v) is 10.5. The summed E-state index contributed by atoms with van der Waals surface area (Å²) in [7, 11) is 0. The first-order valence-electron chi connectivity index (χ1n) is 6.42. The highest BCUT2D eigenvalue weighted by molar-refractivity contribution is 5.32. The van der Waals surface area contributed by atoms with Gasteiger partial charge in [-0.1, -0.05) is 12.1 Å². The van der Waals surface area contributed by atoms with Gasteiger partial charge in [0, 0.05) is 38.3 Å². The standard InChI is InChI=1S/C13H19N3O2/c17-16(18)13-5-3-12(4-6-13)2-1-9-15-10-7-14-8-11-15/h3-6,14H,1-2,7-11H2. The highest BCUT2D eigenvalue weighted by Crippen LogP contribution is 2.13. The molecule has 0 bridgehead atoms. The zero-order chi connectivity index (χ0) is 12.8. The Morgan fingerprint density at radius 2 is 1.89 bits per heavy atom. The Hall–Kier alpha value is -1.46. The minimum Gasteiger partial charge on any atom is -0.314 e. The molecule has 1 fully saturated rings. The third-order valence-electron chi connectivity index (χ3n) is 3.30. The quantitative estimate of drug-likeness (QED) is 0.633. The van der Waals surface area contributed by atoms with Gasteiger partial charge in [-0.05, 0) is 24.9 Å². The number of rotatable bonds is 5. The molecule has 0 atom stereocenters. The van der Waals surface area contributed by atoms with Crippen LogP contribution in [0.1, 0.15) is 12.0 Å². The van der Waals surface area contributed by atoms with Gasteiger partial charge < -0.3 is 10.2 Å². The Labute approximate surface area is 107 Å². The van der Waals surface area contributed by atoms with Crippen LogP contribution >= 0.6 is 0 Å². The van der Waals surface area contributed by atoms with Crippen LogP contribution in [0.3, 0.4) is 0 Å². The number of nitrogens with zero attached hydrogens (tertiary/aromatic N) is 2. The molecule has 0 aromatic heterocycles. The highest BCUT2D eigenvalue weighted by atomic mass is 16.6. The summed E-state index contributed by atoms with van der Waals surface area (Å²) in [5.74, 6) is 0. The third kappa shape index (κ3) is 3.78. The lowest BCUT2D eigenvalue weighted by molar-refractivity contribution is -0.384. The van der Waals surface area contributed by atoms with E-state index in [1.54, 1.807) is 12.1 Å². The summed E-state index contributed by atoms with van der Waals surface area (Å²) in [5.41, 5.74) is 1.34. The van der Waals surface area contributed by atoms with Gasteiger partial charge in [-0.15, -0.1) is 0 Å². The molecule has 0 aliphatic carbocycles. The molecule has 18 heavy (non-hydrogen) atoms. The van der Waals surface area contributed by atoms with Crippen molar-refractivity contribution in [1.82, 2.24) is 10.2 Å². The van der Waals surface area contributed by atoms with Crippen LogP contribution in [0.2, 0.25) is 0 Å². The molecular weight excluding hydrogens is 230 g/mol. The van der Waals surface area contributed by atoms with Crippen LogP contribution in [0.4, 0.5) is 5.69 Å². The average Bonchev–Trinajstić information content (AvgIpc) is 2.40. The van der Waals surface area contributed by atoms with Crippen molar-refractivity contribution in [2.45, 2.75) is 12.8 Å². The Morgan fingerprint density at radius 1 is 1.22 bits per heavy atom. The summed E-state index contributed by atoms with van der Waals surface area (Å²) in [6.07, 6.45) is 2.10. The highest BCUT2D eigenvalue weighted by Gasteiger charge is 2.09. The molecule has 5 nitrogen and oxygen atoms in total. The third-order valence-corrected chi connectivity index (χ3v) is 3.30. The summed E-state index contributed by atoms with van der Waals surface area (Å²) >= 11 is 0. The Bertz CT molecular complexity index is 386. The zero-order valence-electron chi connectivity index (χ0n) is 10.5. The number of aryl methyl sites for hydroxylation is 1. The van der Waals surface area contributed by atoms with Gasteiger partial charge in [0.2, 0.25) is 0 Å². The minimum absolute atomic E-state index is 0.167. The van der Waals surface area contributed by atoms with Crippen LogP contribution in [0.15, 0.2) is 24.3 Å². The molecule has 1 aliphatic heterocycles. The molecule has 1 aromatic carbocycles. The van der Waals surface area contributed by atoms with Crippen LogP contribution in [0.25, 0.3) is 0 Å². The lowest BCUT2D eigenvalue weighted by Gasteiger charge is -2.27. The number of benzene rings is 1. The smallest absolute Gasteiger partial charge is 0.269 e. The van der Waals surface area contributed by atoms with Gasteiger partial charge in [0.15, 0.2) is 0 Å². The normalized spacial score (nSPS) is 16.7. The van der Waals surface area contributed by atoms with Gasteiger partial charge in [0.1, 0.15) is 0 Å². The maximum atomic E-state index is 10.5. The Morgan fingerprint density at radius 3 is 2.50 bits per heavy atom. The van der Waals surface area contributed by atoms with Crippen LogP contribution in [-0.4, -0.2) is 42.5 Å². The summed E-state index contributed by atoms with van der Waals surface area (Å²) in [5, 5.41) is 13.9. The van der Waals surface area contributed by atoms with E-state index in [4.69, 9.17) is 0 Å². The minimum atomic E-state index is -0.357. The van der Waals surface area contributed by atoms with Gasteiger partial charge in [0.25, 0.3) is 5.69 Å². The van der Waals surface area contributed by atoms with Crippen LogP contribution < -0.4 is 5.32 Å². The average molecular weight is 249 g/mol. The van der Waals surface area contributed by atoms with E-state index < -0.39 is 0 Å². The SMILES string of the molecule is O=[N+]([O-])c1ccc(CCCN2CCNCC2)cc1. The molecule has 2 rings (SSSR count). The fraction of sp³-hybridized carbons (Fsp3) is 0.538. The summed E-state index contributed by atoms with van der Waals surface area (Å²) in [4.78, 5) is 12.6. The Kier molecular flexibility index (Phi) is 4.66. The molecule has 1 aromatic rings. The maximum Gasteiger partial charge on any atom is 0.269 e. The van der Waals surface area contributed by atoms with Crippen molar-refractivity contribution in [2.24, 2.45) is 0 Å². The van der Waals surface area contributed by atoms with Crippen molar-refractivity contribution in [3.05, 3.63) is 39.9 Å². The first-order chi connectivity index (χ1) is 8.75. The molecule has 1 N–H and O–H groups in total. The summed E-state index contributed by atoms with van der Waals surface area (Å²) in [6.45, 7) is 5.52. The topological polar surface area (TPSA) is 58.4 Å². The predicted octanol–water partition coefficient (Wildman–Crippen LogP) is 1.43. The predicted molar refractivity (Wildman–Crippen MR) is 70.7 cm³/mol. The monoisotopic (exact) mass is 249 g/mol. The van der Waals surface area contributed by atoms with E-state index in [0.29, 0.717) is 0 Å². The molecule has 0 saturated carbocycles. The van der Waals surface area contributed by atoms with Gasteiger partial charge in [-0.3, -0.25) is 10.1 Å². The van der Waals surface area contributed by atoms with Crippen molar-refractivity contribution < 1.29 is 4.92 Å². The fourth-order valence-electron chi connectivity index (χ4n) is 2.23. The van der Waals surface area contributed by atoms with E-state index in [9.17, 15) is 10.1 Å². The number of nitro groups is 1. The van der Waals surface area contributed by atoms with E-state index in [2.05, 4.69) is 10.2 Å². The number of piperazine rings is 1. The van der Waals surface area contributed by atoms with E-state index in [0.717, 1.165) is 45.6 Å². The molecule has 1 saturated heterocycles. The fourth-order valence-corrected chi connectivity index (χ4v) is 2.23. The molecular formula is C13H19N3O2. The molecule has 1 heterocycles. The molecule has 0 amide bonds. The van der Waals surface area contributed by atoms with Gasteiger partial charge in [-0.2, -0.15) is 0 Å². The second-order valence-corrected chi connectivity index (χ2v) is 4.62. The van der Waals surface area contributed by atoms with Crippen molar-refractivity contribution >= 4 is 5.69 Å². The first kappa shape index (κ1) is 13.0. The van der Waals surface area contributed by atoms with Crippen LogP contribution in [-0.2, 0) is 6.42 Å². The number of hydrogen-bond donors (Lipinski definition) is 1. The van der Waals surface area contributed by atoms with Crippen LogP contribution in [0.5, 0.6) is 0 Å². The van der Waals surface area contributed by atoms with E-state index in [1.165, 1.54) is 5.56 Å². The molecule has 0 unspecified atom stereocenters. The number of non-ortho nitro benzene ring substituents is 1. The molecule has 0 spiro atoms. The molecule has 1 aliphatic rings. The second kappa shape index (κ2) is 6.47. The summed E-state index contributed by atoms with van der Waals surface area (Å²) < 4.78 is 0. The largest absolute Gasteiger partial charge is 0.314 e. The van der Waals surface area contributed by atoms with Crippen molar-refractivity contribution in [3.63, 3.8) is 0 Å². The maximum absolute atomic E-state index is 10.5. The summed E-state index contributed by atoms with van der Waals surface area (Å²) in [6, 6.07) is 6.88. The van der Waals surface area contributed by atoms with Crippen molar-refractivity contribution in [2.75, 3.05) is 32.7 Å². The molecule has 98 valence electrons. The number of nitro benzene ring substituents is 1. The van der Waals surface area contributed by atoms with Gasteiger partial charge in [-0.25, -0.2) is 0 Å². The lowest BCUT2D eigenvalue weighted by atomic mass is 10.1. The second-order valence-electron chi connectivity index (χ2n) is 4.62. The number of nitrogens with one attached hydrogen (secondary N) is 1. The molecule has 0 radical (unpaired) electrons.